The summed E-state index contributed by atoms with van der Waals surface area (Å²) in [6.45, 7) is 8.83. The molecule has 5 nitrogen and oxygen atoms in total. The van der Waals surface area contributed by atoms with Gasteiger partial charge in [-0.25, -0.2) is 0 Å². The smallest absolute Gasteiger partial charge is 0.253 e. The fraction of sp³-hybridized carbons (Fsp3) is 0.441. The molecule has 1 N–H and O–H groups in total. The third-order valence-electron chi connectivity index (χ3n) is 8.29. The minimum Gasteiger partial charge on any atom is -0.378 e. The first kappa shape index (κ1) is 28.8. The van der Waals surface area contributed by atoms with E-state index in [1.807, 2.05) is 43.3 Å². The summed E-state index contributed by atoms with van der Waals surface area (Å²) >= 11 is 3.49. The summed E-state index contributed by atoms with van der Waals surface area (Å²) in [4.78, 5) is 17.8. The van der Waals surface area contributed by atoms with Gasteiger partial charge in [0.25, 0.3) is 5.91 Å². The van der Waals surface area contributed by atoms with Crippen molar-refractivity contribution < 1.29 is 9.53 Å². The van der Waals surface area contributed by atoms with Crippen molar-refractivity contribution in [1.82, 2.24) is 9.80 Å². The van der Waals surface area contributed by atoms with Crippen molar-refractivity contribution in [2.24, 2.45) is 5.92 Å². The fourth-order valence-electron chi connectivity index (χ4n) is 5.96. The van der Waals surface area contributed by atoms with Gasteiger partial charge >= 0.3 is 0 Å². The molecular formula is C34H42BrN3O2. The number of carbonyl (C=O) groups is 1. The van der Waals surface area contributed by atoms with Crippen molar-refractivity contribution in [1.29, 1.82) is 0 Å². The van der Waals surface area contributed by atoms with Crippen LogP contribution in [0.2, 0.25) is 0 Å². The summed E-state index contributed by atoms with van der Waals surface area (Å²) in [6, 6.07) is 25.4. The van der Waals surface area contributed by atoms with E-state index in [1.54, 1.807) is 0 Å². The molecule has 3 aromatic rings. The minimum atomic E-state index is -0.0269. The van der Waals surface area contributed by atoms with Crippen molar-refractivity contribution in [2.75, 3.05) is 39.0 Å². The van der Waals surface area contributed by atoms with E-state index in [-0.39, 0.29) is 29.6 Å². The molecule has 0 aliphatic carbocycles. The third kappa shape index (κ3) is 6.45. The van der Waals surface area contributed by atoms with Gasteiger partial charge in [0.2, 0.25) is 0 Å². The molecule has 1 amide bonds. The van der Waals surface area contributed by atoms with E-state index >= 15 is 0 Å². The molecule has 1 fully saturated rings. The number of hydrogen-bond donors (Lipinski definition) is 1. The lowest BCUT2D eigenvalue weighted by molar-refractivity contribution is -0.100. The normalized spacial score (nSPS) is 22.3. The van der Waals surface area contributed by atoms with Gasteiger partial charge in [-0.15, -0.1) is 0 Å². The highest BCUT2D eigenvalue weighted by Crippen LogP contribution is 2.51. The number of halogens is 1. The van der Waals surface area contributed by atoms with Gasteiger partial charge in [0.1, 0.15) is 0 Å². The van der Waals surface area contributed by atoms with Gasteiger partial charge in [0.05, 0.1) is 18.2 Å². The lowest BCUT2D eigenvalue weighted by Crippen LogP contribution is -2.46. The average molecular weight is 605 g/mol. The molecule has 212 valence electrons. The maximum absolute atomic E-state index is 13.6. The molecule has 6 heteroatoms. The molecular weight excluding hydrogens is 562 g/mol. The monoisotopic (exact) mass is 603 g/mol. The standard InChI is InChI=1S/C34H42BrN3O2/c1-34(2,3)25-13-18-30-29(21-25)32-28(31(36-30)23-9-7-6-8-10-23)17-16-27(40-32)22-38(20-19-37(4)5)33(39)24-11-14-26(35)15-12-24/h6-15,18,21,27-28,31-32,36H,16-17,19-20,22H2,1-5H3. The molecule has 2 heterocycles. The first-order chi connectivity index (χ1) is 19.1. The van der Waals surface area contributed by atoms with Gasteiger partial charge in [-0.2, -0.15) is 0 Å². The Kier molecular flexibility index (Phi) is 8.69. The van der Waals surface area contributed by atoms with E-state index in [9.17, 15) is 4.79 Å². The van der Waals surface area contributed by atoms with Crippen LogP contribution in [0.1, 0.15) is 72.8 Å². The number of hydrogen-bond acceptors (Lipinski definition) is 4. The lowest BCUT2D eigenvalue weighted by atomic mass is 9.75. The van der Waals surface area contributed by atoms with Crippen LogP contribution in [0.25, 0.3) is 0 Å². The van der Waals surface area contributed by atoms with Gasteiger partial charge in [-0.1, -0.05) is 79.2 Å². The Morgan fingerprint density at radius 2 is 1.70 bits per heavy atom. The number of benzene rings is 3. The van der Waals surface area contributed by atoms with Crippen molar-refractivity contribution in [3.63, 3.8) is 0 Å². The van der Waals surface area contributed by atoms with Gasteiger partial charge in [0, 0.05) is 46.8 Å². The summed E-state index contributed by atoms with van der Waals surface area (Å²) in [7, 11) is 4.10. The highest BCUT2D eigenvalue weighted by Gasteiger charge is 2.43. The van der Waals surface area contributed by atoms with Crippen LogP contribution in [0.5, 0.6) is 0 Å². The Morgan fingerprint density at radius 3 is 2.38 bits per heavy atom. The molecule has 4 unspecified atom stereocenters. The van der Waals surface area contributed by atoms with E-state index in [4.69, 9.17) is 4.74 Å². The van der Waals surface area contributed by atoms with Crippen molar-refractivity contribution >= 4 is 27.5 Å². The Hall–Kier alpha value is -2.67. The second-order valence-corrected chi connectivity index (χ2v) is 13.5. The number of nitrogens with zero attached hydrogens (tertiary/aromatic N) is 2. The topological polar surface area (TPSA) is 44.8 Å². The maximum atomic E-state index is 13.6. The van der Waals surface area contributed by atoms with Gasteiger partial charge in [-0.3, -0.25) is 4.79 Å². The molecule has 4 atom stereocenters. The molecule has 5 rings (SSSR count). The summed E-state index contributed by atoms with van der Waals surface area (Å²) in [5.74, 6) is 0.377. The van der Waals surface area contributed by atoms with Crippen LogP contribution in [0.3, 0.4) is 0 Å². The van der Waals surface area contributed by atoms with Crippen LogP contribution >= 0.6 is 15.9 Å². The molecule has 1 saturated heterocycles. The van der Waals surface area contributed by atoms with Crippen LogP contribution in [0.4, 0.5) is 5.69 Å². The molecule has 0 spiro atoms. The van der Waals surface area contributed by atoms with Crippen LogP contribution in [0, 0.1) is 5.92 Å². The molecule has 0 saturated carbocycles. The van der Waals surface area contributed by atoms with Crippen molar-refractivity contribution in [3.05, 3.63) is 99.5 Å². The second kappa shape index (κ2) is 12.1. The zero-order valence-corrected chi connectivity index (χ0v) is 25.9. The quantitative estimate of drug-likeness (QED) is 0.304. The van der Waals surface area contributed by atoms with Gasteiger partial charge in [0.15, 0.2) is 0 Å². The average Bonchev–Trinajstić information content (AvgIpc) is 2.94. The van der Waals surface area contributed by atoms with Crippen molar-refractivity contribution in [3.8, 4) is 0 Å². The lowest BCUT2D eigenvalue weighted by Gasteiger charge is -2.46. The fourth-order valence-corrected chi connectivity index (χ4v) is 6.23. The van der Waals surface area contributed by atoms with Gasteiger partial charge in [-0.05, 0) is 73.8 Å². The van der Waals surface area contributed by atoms with Crippen molar-refractivity contribution in [2.45, 2.75) is 57.3 Å². The summed E-state index contributed by atoms with van der Waals surface area (Å²) in [5, 5.41) is 3.87. The second-order valence-electron chi connectivity index (χ2n) is 12.6. The third-order valence-corrected chi connectivity index (χ3v) is 8.82. The van der Waals surface area contributed by atoms with E-state index < -0.39 is 0 Å². The largest absolute Gasteiger partial charge is 0.378 e. The number of ether oxygens (including phenoxy) is 1. The number of fused-ring (bicyclic) bond motifs is 3. The number of amides is 1. The first-order valence-electron chi connectivity index (χ1n) is 14.4. The van der Waals surface area contributed by atoms with E-state index in [1.165, 1.54) is 16.7 Å². The summed E-state index contributed by atoms with van der Waals surface area (Å²) in [6.07, 6.45) is 1.91. The molecule has 0 aromatic heterocycles. The Morgan fingerprint density at radius 1 is 0.975 bits per heavy atom. The summed E-state index contributed by atoms with van der Waals surface area (Å²) < 4.78 is 7.99. The number of anilines is 1. The van der Waals surface area contributed by atoms with E-state index in [2.05, 4.69) is 95.4 Å². The van der Waals surface area contributed by atoms with E-state index in [0.717, 1.165) is 29.5 Å². The molecule has 2 aliphatic rings. The van der Waals surface area contributed by atoms with E-state index in [0.29, 0.717) is 24.6 Å². The predicted molar refractivity (Wildman–Crippen MR) is 167 cm³/mol. The predicted octanol–water partition coefficient (Wildman–Crippen LogP) is 7.45. The SMILES string of the molecule is CN(C)CCN(CC1CCC2C(c3ccccc3)Nc3ccc(C(C)(C)C)cc3C2O1)C(=O)c1ccc(Br)cc1. The molecule has 40 heavy (non-hydrogen) atoms. The molecule has 0 radical (unpaired) electrons. The molecule has 0 bridgehead atoms. The Bertz CT molecular complexity index is 1300. The number of nitrogens with one attached hydrogen (secondary N) is 1. The Labute approximate surface area is 248 Å². The number of rotatable bonds is 7. The highest BCUT2D eigenvalue weighted by molar-refractivity contribution is 9.10. The molecule has 2 aliphatic heterocycles. The van der Waals surface area contributed by atoms with Gasteiger partial charge < -0.3 is 19.9 Å². The van der Waals surface area contributed by atoms with Crippen LogP contribution in [-0.2, 0) is 10.2 Å². The van der Waals surface area contributed by atoms with Crippen LogP contribution in [-0.4, -0.2) is 55.5 Å². The number of likely N-dealkylation sites (N-methyl/N-ethyl adjacent to an activating group) is 1. The van der Waals surface area contributed by atoms with Crippen LogP contribution in [0.15, 0.2) is 77.3 Å². The highest BCUT2D eigenvalue weighted by atomic mass is 79.9. The zero-order chi connectivity index (χ0) is 28.4. The Balaban J connectivity index is 1.43. The summed E-state index contributed by atoms with van der Waals surface area (Å²) in [5.41, 5.74) is 5.76. The zero-order valence-electron chi connectivity index (χ0n) is 24.4. The first-order valence-corrected chi connectivity index (χ1v) is 15.2. The minimum absolute atomic E-state index is 0.0246. The molecule has 3 aromatic carbocycles. The maximum Gasteiger partial charge on any atom is 0.253 e. The van der Waals surface area contributed by atoms with Crippen LogP contribution < -0.4 is 5.32 Å². The number of carbonyl (C=O) groups excluding carboxylic acids is 1.